The fourth-order valence-corrected chi connectivity index (χ4v) is 3.68. The molecular weight excluding hydrogens is 414 g/mol. The number of imide groups is 1. The highest BCUT2D eigenvalue weighted by molar-refractivity contribution is 6.21. The summed E-state index contributed by atoms with van der Waals surface area (Å²) in [4.78, 5) is 39.3. The first kappa shape index (κ1) is 19.6. The predicted molar refractivity (Wildman–Crippen MR) is 111 cm³/mol. The second-order valence-electron chi connectivity index (χ2n) is 7.18. The molecule has 0 spiro atoms. The van der Waals surface area contributed by atoms with Crippen LogP contribution in [-0.4, -0.2) is 36.6 Å². The number of benzene rings is 3. The van der Waals surface area contributed by atoms with Crippen molar-refractivity contribution in [3.8, 4) is 23.0 Å². The van der Waals surface area contributed by atoms with Crippen molar-refractivity contribution in [3.63, 3.8) is 0 Å². The largest absolute Gasteiger partial charge is 0.496 e. The first-order valence-corrected chi connectivity index (χ1v) is 9.79. The molecule has 160 valence electrons. The van der Waals surface area contributed by atoms with E-state index in [1.54, 1.807) is 60.7 Å². The zero-order chi connectivity index (χ0) is 22.2. The van der Waals surface area contributed by atoms with Crippen molar-refractivity contribution in [3.05, 3.63) is 82.9 Å². The van der Waals surface area contributed by atoms with E-state index in [0.717, 1.165) is 4.90 Å². The molecule has 0 fully saturated rings. The summed E-state index contributed by atoms with van der Waals surface area (Å²) in [7, 11) is 1.44. The van der Waals surface area contributed by atoms with Crippen LogP contribution in [0.2, 0.25) is 0 Å². The molecule has 0 saturated carbocycles. The molecule has 5 rings (SSSR count). The molecule has 2 aliphatic heterocycles. The summed E-state index contributed by atoms with van der Waals surface area (Å²) >= 11 is 0. The Kier molecular flexibility index (Phi) is 4.74. The van der Waals surface area contributed by atoms with Crippen molar-refractivity contribution in [2.75, 3.05) is 13.9 Å². The number of carbonyl (C=O) groups excluding carboxylic acids is 3. The summed E-state index contributed by atoms with van der Waals surface area (Å²) in [5.74, 6) is 0.266. The Morgan fingerprint density at radius 2 is 1.66 bits per heavy atom. The lowest BCUT2D eigenvalue weighted by molar-refractivity contribution is 0.0641. The molecule has 3 aromatic rings. The number of nitrogens with zero attached hydrogens (tertiary/aromatic N) is 1. The van der Waals surface area contributed by atoms with Gasteiger partial charge in [0.2, 0.25) is 6.79 Å². The fourth-order valence-electron chi connectivity index (χ4n) is 3.68. The van der Waals surface area contributed by atoms with Gasteiger partial charge in [-0.2, -0.15) is 0 Å². The Labute approximate surface area is 182 Å². The Hall–Kier alpha value is -4.33. The Morgan fingerprint density at radius 3 is 2.38 bits per heavy atom. The van der Waals surface area contributed by atoms with E-state index in [0.29, 0.717) is 33.9 Å². The maximum absolute atomic E-state index is 12.9. The second kappa shape index (κ2) is 7.73. The standard InChI is InChI=1S/C24H17NO7/c1-29-19-8-6-14(12-25-22(26)16-4-2-3-5-17(16)23(25)27)10-18(19)24(28)32-15-7-9-20-21(11-15)31-13-30-20/h2-11H,12-13H2,1H3. The summed E-state index contributed by atoms with van der Waals surface area (Å²) in [6, 6.07) is 16.3. The number of hydrogen-bond donors (Lipinski definition) is 0. The van der Waals surface area contributed by atoms with E-state index in [-0.39, 0.29) is 36.5 Å². The lowest BCUT2D eigenvalue weighted by Gasteiger charge is -2.16. The minimum absolute atomic E-state index is 0.0145. The lowest BCUT2D eigenvalue weighted by Crippen LogP contribution is -2.29. The van der Waals surface area contributed by atoms with E-state index in [2.05, 4.69) is 0 Å². The topological polar surface area (TPSA) is 91.4 Å². The molecule has 0 atom stereocenters. The SMILES string of the molecule is COc1ccc(CN2C(=O)c3ccccc3C2=O)cc1C(=O)Oc1ccc2c(c1)OCO2. The molecule has 2 heterocycles. The number of methoxy groups -OCH3 is 1. The number of carbonyl (C=O) groups is 3. The van der Waals surface area contributed by atoms with Gasteiger partial charge in [0, 0.05) is 6.07 Å². The van der Waals surface area contributed by atoms with Crippen molar-refractivity contribution < 1.29 is 33.3 Å². The number of amides is 2. The molecule has 0 aromatic heterocycles. The number of hydrogen-bond acceptors (Lipinski definition) is 7. The number of fused-ring (bicyclic) bond motifs is 2. The van der Waals surface area contributed by atoms with Gasteiger partial charge in [0.05, 0.1) is 24.8 Å². The Bertz CT molecular complexity index is 1230. The van der Waals surface area contributed by atoms with Crippen LogP contribution in [0.15, 0.2) is 60.7 Å². The molecule has 2 aliphatic rings. The van der Waals surface area contributed by atoms with E-state index in [4.69, 9.17) is 18.9 Å². The van der Waals surface area contributed by atoms with Crippen molar-refractivity contribution in [1.29, 1.82) is 0 Å². The van der Waals surface area contributed by atoms with Crippen LogP contribution < -0.4 is 18.9 Å². The number of ether oxygens (including phenoxy) is 4. The van der Waals surface area contributed by atoms with Gasteiger partial charge in [-0.05, 0) is 42.0 Å². The zero-order valence-corrected chi connectivity index (χ0v) is 17.0. The van der Waals surface area contributed by atoms with Gasteiger partial charge in [0.25, 0.3) is 11.8 Å². The van der Waals surface area contributed by atoms with E-state index in [9.17, 15) is 14.4 Å². The van der Waals surface area contributed by atoms with E-state index in [1.807, 2.05) is 0 Å². The highest BCUT2D eigenvalue weighted by Crippen LogP contribution is 2.35. The van der Waals surface area contributed by atoms with Crippen molar-refractivity contribution in [1.82, 2.24) is 4.90 Å². The molecule has 3 aromatic carbocycles. The van der Waals surface area contributed by atoms with Crippen LogP contribution in [0.4, 0.5) is 0 Å². The number of esters is 1. The van der Waals surface area contributed by atoms with Gasteiger partial charge in [-0.1, -0.05) is 18.2 Å². The van der Waals surface area contributed by atoms with E-state index >= 15 is 0 Å². The first-order chi connectivity index (χ1) is 15.5. The molecule has 0 unspecified atom stereocenters. The molecule has 0 bridgehead atoms. The first-order valence-electron chi connectivity index (χ1n) is 9.79. The predicted octanol–water partition coefficient (Wildman–Crippen LogP) is 3.44. The molecule has 0 saturated heterocycles. The van der Waals surface area contributed by atoms with Crippen LogP contribution >= 0.6 is 0 Å². The summed E-state index contributed by atoms with van der Waals surface area (Å²) < 4.78 is 21.3. The van der Waals surface area contributed by atoms with Gasteiger partial charge in [-0.15, -0.1) is 0 Å². The Morgan fingerprint density at radius 1 is 0.938 bits per heavy atom. The summed E-state index contributed by atoms with van der Waals surface area (Å²) in [6.45, 7) is 0.126. The fraction of sp³-hybridized carbons (Fsp3) is 0.125. The highest BCUT2D eigenvalue weighted by Gasteiger charge is 2.35. The second-order valence-corrected chi connectivity index (χ2v) is 7.18. The third-order valence-corrected chi connectivity index (χ3v) is 5.26. The van der Waals surface area contributed by atoms with Gasteiger partial charge >= 0.3 is 5.97 Å². The zero-order valence-electron chi connectivity index (χ0n) is 17.0. The third-order valence-electron chi connectivity index (χ3n) is 5.26. The van der Waals surface area contributed by atoms with Gasteiger partial charge in [-0.25, -0.2) is 4.79 Å². The highest BCUT2D eigenvalue weighted by atomic mass is 16.7. The molecule has 0 radical (unpaired) electrons. The molecule has 8 nitrogen and oxygen atoms in total. The van der Waals surface area contributed by atoms with Crippen LogP contribution in [0.1, 0.15) is 36.6 Å². The average Bonchev–Trinajstić information content (AvgIpc) is 3.37. The lowest BCUT2D eigenvalue weighted by atomic mass is 10.1. The van der Waals surface area contributed by atoms with Crippen LogP contribution in [0.5, 0.6) is 23.0 Å². The normalized spacial score (nSPS) is 13.8. The maximum atomic E-state index is 12.9. The molecular formula is C24H17NO7. The third kappa shape index (κ3) is 3.31. The van der Waals surface area contributed by atoms with Gasteiger partial charge < -0.3 is 18.9 Å². The van der Waals surface area contributed by atoms with E-state index < -0.39 is 5.97 Å². The summed E-state index contributed by atoms with van der Waals surface area (Å²) in [5.41, 5.74) is 1.49. The molecule has 32 heavy (non-hydrogen) atoms. The van der Waals surface area contributed by atoms with Crippen LogP contribution in [-0.2, 0) is 6.54 Å². The van der Waals surface area contributed by atoms with Gasteiger partial charge in [-0.3, -0.25) is 14.5 Å². The van der Waals surface area contributed by atoms with Crippen molar-refractivity contribution >= 4 is 17.8 Å². The van der Waals surface area contributed by atoms with Gasteiger partial charge in [0.1, 0.15) is 17.1 Å². The molecule has 8 heteroatoms. The van der Waals surface area contributed by atoms with E-state index in [1.165, 1.54) is 7.11 Å². The quantitative estimate of drug-likeness (QED) is 0.347. The minimum Gasteiger partial charge on any atom is -0.496 e. The average molecular weight is 431 g/mol. The van der Waals surface area contributed by atoms with Crippen molar-refractivity contribution in [2.45, 2.75) is 6.54 Å². The van der Waals surface area contributed by atoms with Crippen LogP contribution in [0, 0.1) is 0 Å². The monoisotopic (exact) mass is 431 g/mol. The summed E-state index contributed by atoms with van der Waals surface area (Å²) in [6.07, 6.45) is 0. The van der Waals surface area contributed by atoms with Gasteiger partial charge in [0.15, 0.2) is 11.5 Å². The van der Waals surface area contributed by atoms with Crippen LogP contribution in [0.25, 0.3) is 0 Å². The Balaban J connectivity index is 1.39. The van der Waals surface area contributed by atoms with Crippen LogP contribution in [0.3, 0.4) is 0 Å². The summed E-state index contributed by atoms with van der Waals surface area (Å²) in [5, 5.41) is 0. The smallest absolute Gasteiger partial charge is 0.347 e. The number of rotatable bonds is 5. The minimum atomic E-state index is -0.648. The molecule has 2 amide bonds. The van der Waals surface area contributed by atoms with Crippen molar-refractivity contribution in [2.24, 2.45) is 0 Å². The molecule has 0 aliphatic carbocycles. The maximum Gasteiger partial charge on any atom is 0.347 e. The molecule has 0 N–H and O–H groups in total.